The van der Waals surface area contributed by atoms with Crippen LogP contribution in [0.1, 0.15) is 25.5 Å². The first-order chi connectivity index (χ1) is 10.5. The van der Waals surface area contributed by atoms with Gasteiger partial charge >= 0.3 is 0 Å². The number of nitrogens with one attached hydrogen (secondary N) is 2. The Kier molecular flexibility index (Phi) is 5.32. The summed E-state index contributed by atoms with van der Waals surface area (Å²) in [4.78, 5) is 8.15. The molecule has 1 heterocycles. The molecule has 1 aromatic carbocycles. The van der Waals surface area contributed by atoms with Crippen molar-refractivity contribution in [1.29, 1.82) is 0 Å². The highest BCUT2D eigenvalue weighted by molar-refractivity contribution is 7.92. The third kappa shape index (κ3) is 5.00. The number of hydrogen-bond acceptors (Lipinski definition) is 5. The molecule has 0 radical (unpaired) electrons. The Morgan fingerprint density at radius 2 is 1.91 bits per heavy atom. The first-order valence-corrected chi connectivity index (χ1v) is 8.80. The third-order valence-electron chi connectivity index (χ3n) is 2.98. The van der Waals surface area contributed by atoms with E-state index in [-0.39, 0.29) is 5.75 Å². The average Bonchev–Trinajstić information content (AvgIpc) is 2.45. The number of aryl methyl sites for hydroxylation is 1. The number of nitrogens with zero attached hydrogens (tertiary/aromatic N) is 2. The molecule has 0 bridgehead atoms. The van der Waals surface area contributed by atoms with Crippen LogP contribution in [0.15, 0.2) is 36.7 Å². The van der Waals surface area contributed by atoms with E-state index in [1.54, 1.807) is 18.2 Å². The van der Waals surface area contributed by atoms with E-state index in [0.717, 1.165) is 17.8 Å². The van der Waals surface area contributed by atoms with Gasteiger partial charge in [0.25, 0.3) is 0 Å². The number of unbranched alkanes of at least 4 members (excludes halogenated alkanes) is 1. The highest BCUT2D eigenvalue weighted by Gasteiger charge is 2.09. The molecule has 6 nitrogen and oxygen atoms in total. The van der Waals surface area contributed by atoms with Gasteiger partial charge in [0.15, 0.2) is 0 Å². The van der Waals surface area contributed by atoms with Crippen molar-refractivity contribution in [3.8, 4) is 0 Å². The van der Waals surface area contributed by atoms with Crippen molar-refractivity contribution < 1.29 is 8.42 Å². The van der Waals surface area contributed by atoms with E-state index in [1.165, 1.54) is 6.33 Å². The van der Waals surface area contributed by atoms with Gasteiger partial charge in [-0.05, 0) is 31.5 Å². The van der Waals surface area contributed by atoms with E-state index >= 15 is 0 Å². The van der Waals surface area contributed by atoms with Gasteiger partial charge < -0.3 is 5.32 Å². The van der Waals surface area contributed by atoms with Gasteiger partial charge in [-0.25, -0.2) is 18.4 Å². The standard InChI is InChI=1S/C15H20N4O2S/c1-3-4-8-22(20,21)19-14-7-5-6-13(10-14)18-15-9-12(2)16-11-17-15/h5-7,9-11,19H,3-4,8H2,1-2H3,(H,16,17,18). The molecule has 0 aliphatic rings. The van der Waals surface area contributed by atoms with Gasteiger partial charge in [0, 0.05) is 17.4 Å². The molecule has 0 spiro atoms. The summed E-state index contributed by atoms with van der Waals surface area (Å²) in [5, 5.41) is 3.13. The Labute approximate surface area is 131 Å². The summed E-state index contributed by atoms with van der Waals surface area (Å²) in [5.41, 5.74) is 2.15. The van der Waals surface area contributed by atoms with Crippen LogP contribution in [-0.4, -0.2) is 24.1 Å². The molecule has 7 heteroatoms. The smallest absolute Gasteiger partial charge is 0.232 e. The van der Waals surface area contributed by atoms with E-state index in [4.69, 9.17) is 0 Å². The Bertz CT molecular complexity index is 732. The molecule has 0 atom stereocenters. The van der Waals surface area contributed by atoms with Crippen molar-refractivity contribution in [2.24, 2.45) is 0 Å². The van der Waals surface area contributed by atoms with Crippen LogP contribution >= 0.6 is 0 Å². The lowest BCUT2D eigenvalue weighted by atomic mass is 10.3. The Morgan fingerprint density at radius 3 is 2.64 bits per heavy atom. The third-order valence-corrected chi connectivity index (χ3v) is 4.35. The topological polar surface area (TPSA) is 84.0 Å². The molecule has 0 saturated heterocycles. The molecular formula is C15H20N4O2S. The largest absolute Gasteiger partial charge is 0.340 e. The number of rotatable bonds is 7. The van der Waals surface area contributed by atoms with E-state index in [2.05, 4.69) is 20.0 Å². The van der Waals surface area contributed by atoms with Gasteiger partial charge in [-0.15, -0.1) is 0 Å². The number of hydrogen-bond donors (Lipinski definition) is 2. The van der Waals surface area contributed by atoms with Gasteiger partial charge in [-0.3, -0.25) is 4.72 Å². The summed E-state index contributed by atoms with van der Waals surface area (Å²) in [6.07, 6.45) is 2.97. The highest BCUT2D eigenvalue weighted by atomic mass is 32.2. The maximum Gasteiger partial charge on any atom is 0.232 e. The fourth-order valence-corrected chi connectivity index (χ4v) is 3.15. The van der Waals surface area contributed by atoms with Gasteiger partial charge in [0.1, 0.15) is 12.1 Å². The van der Waals surface area contributed by atoms with Crippen LogP contribution in [0.2, 0.25) is 0 Å². The normalized spacial score (nSPS) is 11.2. The summed E-state index contributed by atoms with van der Waals surface area (Å²) in [7, 11) is -3.30. The Hall–Kier alpha value is -2.15. The maximum absolute atomic E-state index is 11.9. The van der Waals surface area contributed by atoms with Crippen LogP contribution < -0.4 is 10.0 Å². The molecule has 0 saturated carbocycles. The fraction of sp³-hybridized carbons (Fsp3) is 0.333. The predicted molar refractivity (Wildman–Crippen MR) is 88.8 cm³/mol. The molecule has 0 unspecified atom stereocenters. The fourth-order valence-electron chi connectivity index (χ4n) is 1.90. The van der Waals surface area contributed by atoms with Crippen LogP contribution in [0, 0.1) is 6.92 Å². The van der Waals surface area contributed by atoms with Crippen LogP contribution in [0.25, 0.3) is 0 Å². The van der Waals surface area contributed by atoms with Crippen LogP contribution in [0.4, 0.5) is 17.2 Å². The minimum atomic E-state index is -3.30. The van der Waals surface area contributed by atoms with Gasteiger partial charge in [0.2, 0.25) is 10.0 Å². The van der Waals surface area contributed by atoms with E-state index in [9.17, 15) is 8.42 Å². The lowest BCUT2D eigenvalue weighted by molar-refractivity contribution is 0.598. The molecule has 1 aromatic heterocycles. The second-order valence-corrected chi connectivity index (χ2v) is 6.87. The van der Waals surface area contributed by atoms with Crippen LogP contribution in [0.3, 0.4) is 0 Å². The maximum atomic E-state index is 11.9. The SMILES string of the molecule is CCCCS(=O)(=O)Nc1cccc(Nc2cc(C)ncn2)c1. The number of benzene rings is 1. The lowest BCUT2D eigenvalue weighted by Gasteiger charge is -2.10. The van der Waals surface area contributed by atoms with E-state index in [0.29, 0.717) is 17.9 Å². The quantitative estimate of drug-likeness (QED) is 0.819. The van der Waals surface area contributed by atoms with E-state index in [1.807, 2.05) is 26.0 Å². The number of aromatic nitrogens is 2. The molecular weight excluding hydrogens is 300 g/mol. The summed E-state index contributed by atoms with van der Waals surface area (Å²) < 4.78 is 26.4. The molecule has 0 amide bonds. The number of sulfonamides is 1. The molecule has 2 rings (SSSR count). The summed E-state index contributed by atoms with van der Waals surface area (Å²) in [6.45, 7) is 3.84. The molecule has 118 valence electrons. The highest BCUT2D eigenvalue weighted by Crippen LogP contribution is 2.20. The second kappa shape index (κ2) is 7.22. The van der Waals surface area contributed by atoms with Gasteiger partial charge in [-0.2, -0.15) is 0 Å². The lowest BCUT2D eigenvalue weighted by Crippen LogP contribution is -2.16. The summed E-state index contributed by atoms with van der Waals surface area (Å²) >= 11 is 0. The van der Waals surface area contributed by atoms with Gasteiger partial charge in [-0.1, -0.05) is 19.4 Å². The zero-order valence-corrected chi connectivity index (χ0v) is 13.5. The van der Waals surface area contributed by atoms with Crippen molar-refractivity contribution in [1.82, 2.24) is 9.97 Å². The summed E-state index contributed by atoms with van der Waals surface area (Å²) in [5.74, 6) is 0.796. The van der Waals surface area contributed by atoms with E-state index < -0.39 is 10.0 Å². The zero-order chi connectivity index (χ0) is 16.0. The number of anilines is 3. The van der Waals surface area contributed by atoms with Gasteiger partial charge in [0.05, 0.1) is 11.4 Å². The Balaban J connectivity index is 2.10. The first kappa shape index (κ1) is 16.2. The van der Waals surface area contributed by atoms with Crippen LogP contribution in [-0.2, 0) is 10.0 Å². The van der Waals surface area contributed by atoms with Crippen molar-refractivity contribution in [2.45, 2.75) is 26.7 Å². The monoisotopic (exact) mass is 320 g/mol. The predicted octanol–water partition coefficient (Wildman–Crippen LogP) is 3.07. The average molecular weight is 320 g/mol. The minimum absolute atomic E-state index is 0.131. The van der Waals surface area contributed by atoms with Crippen molar-refractivity contribution in [2.75, 3.05) is 15.8 Å². The first-order valence-electron chi connectivity index (χ1n) is 7.15. The molecule has 0 aliphatic carbocycles. The second-order valence-electron chi connectivity index (χ2n) is 5.02. The van der Waals surface area contributed by atoms with Crippen molar-refractivity contribution in [3.05, 3.63) is 42.4 Å². The molecule has 0 aliphatic heterocycles. The molecule has 2 N–H and O–H groups in total. The zero-order valence-electron chi connectivity index (χ0n) is 12.7. The molecule has 22 heavy (non-hydrogen) atoms. The Morgan fingerprint density at radius 1 is 1.14 bits per heavy atom. The molecule has 2 aromatic rings. The van der Waals surface area contributed by atoms with Crippen molar-refractivity contribution in [3.63, 3.8) is 0 Å². The molecule has 0 fully saturated rings. The summed E-state index contributed by atoms with van der Waals surface area (Å²) in [6, 6.07) is 8.91. The minimum Gasteiger partial charge on any atom is -0.340 e. The van der Waals surface area contributed by atoms with Crippen molar-refractivity contribution >= 4 is 27.2 Å². The van der Waals surface area contributed by atoms with Crippen LogP contribution in [0.5, 0.6) is 0 Å².